The molecular weight excluding hydrogens is 258 g/mol. The molecule has 0 unspecified atom stereocenters. The van der Waals surface area contributed by atoms with Crippen LogP contribution < -0.4 is 5.32 Å². The van der Waals surface area contributed by atoms with Gasteiger partial charge in [-0.05, 0) is 44.4 Å². The van der Waals surface area contributed by atoms with Gasteiger partial charge in [-0.2, -0.15) is 0 Å². The first-order valence-electron chi connectivity index (χ1n) is 6.41. The fourth-order valence-corrected chi connectivity index (χ4v) is 1.96. The van der Waals surface area contributed by atoms with Crippen molar-refractivity contribution in [1.82, 2.24) is 9.97 Å². The molecule has 1 aromatic heterocycles. The van der Waals surface area contributed by atoms with E-state index in [4.69, 9.17) is 11.6 Å². The van der Waals surface area contributed by atoms with Crippen LogP contribution in [0, 0.1) is 13.8 Å². The van der Waals surface area contributed by atoms with Gasteiger partial charge in [-0.25, -0.2) is 4.98 Å². The standard InChI is InChI=1S/C15H18ClN3/c1-11-12(2)18-15(10-17-11)19-14-7-3-5-13(9-14)6-4-8-16/h3,5,7,9-10H,4,6,8H2,1-2H3,(H,18,19). The third-order valence-electron chi connectivity index (χ3n) is 2.99. The summed E-state index contributed by atoms with van der Waals surface area (Å²) in [5, 5.41) is 3.28. The average Bonchev–Trinajstić information content (AvgIpc) is 2.41. The summed E-state index contributed by atoms with van der Waals surface area (Å²) in [7, 11) is 0. The molecule has 0 saturated carbocycles. The number of rotatable bonds is 5. The van der Waals surface area contributed by atoms with Gasteiger partial charge in [-0.15, -0.1) is 11.6 Å². The molecule has 3 nitrogen and oxygen atoms in total. The van der Waals surface area contributed by atoms with Gasteiger partial charge in [0.05, 0.1) is 17.6 Å². The molecule has 19 heavy (non-hydrogen) atoms. The van der Waals surface area contributed by atoms with Crippen LogP contribution in [0.2, 0.25) is 0 Å². The molecule has 0 atom stereocenters. The van der Waals surface area contributed by atoms with Gasteiger partial charge in [0.25, 0.3) is 0 Å². The van der Waals surface area contributed by atoms with Crippen molar-refractivity contribution in [3.8, 4) is 0 Å². The third kappa shape index (κ3) is 3.93. The highest BCUT2D eigenvalue weighted by atomic mass is 35.5. The van der Waals surface area contributed by atoms with Crippen molar-refractivity contribution in [3.63, 3.8) is 0 Å². The molecule has 2 rings (SSSR count). The van der Waals surface area contributed by atoms with E-state index in [1.807, 2.05) is 26.0 Å². The Kier molecular flexibility index (Phi) is 4.74. The molecule has 0 aliphatic heterocycles. The maximum atomic E-state index is 5.72. The number of alkyl halides is 1. The van der Waals surface area contributed by atoms with Crippen LogP contribution >= 0.6 is 11.6 Å². The maximum Gasteiger partial charge on any atom is 0.149 e. The second-order valence-corrected chi connectivity index (χ2v) is 4.92. The number of nitrogens with zero attached hydrogens (tertiary/aromatic N) is 2. The predicted molar refractivity (Wildman–Crippen MR) is 80.3 cm³/mol. The molecular formula is C15H18ClN3. The average molecular weight is 276 g/mol. The van der Waals surface area contributed by atoms with Gasteiger partial charge in [-0.3, -0.25) is 4.98 Å². The molecule has 0 bridgehead atoms. The van der Waals surface area contributed by atoms with Crippen LogP contribution in [0.4, 0.5) is 11.5 Å². The minimum Gasteiger partial charge on any atom is -0.339 e. The Morgan fingerprint density at radius 3 is 2.79 bits per heavy atom. The highest BCUT2D eigenvalue weighted by Crippen LogP contribution is 2.17. The SMILES string of the molecule is Cc1ncc(Nc2cccc(CCCCl)c2)nc1C. The smallest absolute Gasteiger partial charge is 0.149 e. The molecule has 0 aliphatic rings. The molecule has 0 aliphatic carbocycles. The minimum atomic E-state index is 0.695. The molecule has 1 N–H and O–H groups in total. The highest BCUT2D eigenvalue weighted by Gasteiger charge is 2.01. The Morgan fingerprint density at radius 2 is 2.05 bits per heavy atom. The quantitative estimate of drug-likeness (QED) is 0.838. The first kappa shape index (κ1) is 13.8. The molecule has 1 aromatic carbocycles. The Bertz CT molecular complexity index is 555. The lowest BCUT2D eigenvalue weighted by Gasteiger charge is -2.08. The van der Waals surface area contributed by atoms with Crippen molar-refractivity contribution >= 4 is 23.1 Å². The zero-order valence-electron chi connectivity index (χ0n) is 11.3. The van der Waals surface area contributed by atoms with Gasteiger partial charge < -0.3 is 5.32 Å². The Hall–Kier alpha value is -1.61. The first-order valence-corrected chi connectivity index (χ1v) is 6.94. The van der Waals surface area contributed by atoms with Gasteiger partial charge in [-0.1, -0.05) is 12.1 Å². The van der Waals surface area contributed by atoms with Gasteiger partial charge in [0, 0.05) is 11.6 Å². The van der Waals surface area contributed by atoms with Gasteiger partial charge in [0.15, 0.2) is 0 Å². The summed E-state index contributed by atoms with van der Waals surface area (Å²) in [6.45, 7) is 3.92. The van der Waals surface area contributed by atoms with Crippen LogP contribution in [0.5, 0.6) is 0 Å². The normalized spacial score (nSPS) is 10.5. The molecule has 0 fully saturated rings. The summed E-state index contributed by atoms with van der Waals surface area (Å²) in [5.74, 6) is 1.47. The van der Waals surface area contributed by atoms with Crippen molar-refractivity contribution in [2.75, 3.05) is 11.2 Å². The lowest BCUT2D eigenvalue weighted by Crippen LogP contribution is -1.99. The molecule has 100 valence electrons. The van der Waals surface area contributed by atoms with E-state index in [2.05, 4.69) is 27.4 Å². The molecule has 0 radical (unpaired) electrons. The fourth-order valence-electron chi connectivity index (χ4n) is 1.83. The van der Waals surface area contributed by atoms with Gasteiger partial charge in [0.1, 0.15) is 5.82 Å². The van der Waals surface area contributed by atoms with E-state index in [9.17, 15) is 0 Å². The second-order valence-electron chi connectivity index (χ2n) is 4.54. The maximum absolute atomic E-state index is 5.72. The van der Waals surface area contributed by atoms with E-state index in [0.29, 0.717) is 5.88 Å². The molecule has 2 aromatic rings. The number of hydrogen-bond donors (Lipinski definition) is 1. The molecule has 1 heterocycles. The Balaban J connectivity index is 2.11. The lowest BCUT2D eigenvalue weighted by molar-refractivity contribution is 0.929. The topological polar surface area (TPSA) is 37.8 Å². The van der Waals surface area contributed by atoms with Gasteiger partial charge >= 0.3 is 0 Å². The number of hydrogen-bond acceptors (Lipinski definition) is 3. The van der Waals surface area contributed by atoms with Crippen LogP contribution in [0.25, 0.3) is 0 Å². The van der Waals surface area contributed by atoms with Crippen LogP contribution in [0.1, 0.15) is 23.4 Å². The van der Waals surface area contributed by atoms with Crippen LogP contribution in [0.15, 0.2) is 30.5 Å². The number of aromatic nitrogens is 2. The first-order chi connectivity index (χ1) is 9.19. The van der Waals surface area contributed by atoms with Crippen molar-refractivity contribution in [3.05, 3.63) is 47.4 Å². The van der Waals surface area contributed by atoms with Crippen LogP contribution in [0.3, 0.4) is 0 Å². The van der Waals surface area contributed by atoms with Crippen LogP contribution in [-0.4, -0.2) is 15.8 Å². The molecule has 0 spiro atoms. The van der Waals surface area contributed by atoms with E-state index in [-0.39, 0.29) is 0 Å². The Labute approximate surface area is 119 Å². The molecule has 0 saturated heterocycles. The summed E-state index contributed by atoms with van der Waals surface area (Å²) >= 11 is 5.72. The largest absolute Gasteiger partial charge is 0.339 e. The monoisotopic (exact) mass is 275 g/mol. The fraction of sp³-hybridized carbons (Fsp3) is 0.333. The minimum absolute atomic E-state index is 0.695. The van der Waals surface area contributed by atoms with E-state index in [0.717, 1.165) is 35.7 Å². The van der Waals surface area contributed by atoms with E-state index in [1.165, 1.54) is 5.56 Å². The summed E-state index contributed by atoms with van der Waals surface area (Å²) in [6.07, 6.45) is 3.75. The van der Waals surface area contributed by atoms with Crippen molar-refractivity contribution in [1.29, 1.82) is 0 Å². The number of benzene rings is 1. The number of halogens is 1. The summed E-state index contributed by atoms with van der Waals surface area (Å²) in [4.78, 5) is 8.77. The number of aryl methyl sites for hydroxylation is 3. The zero-order valence-corrected chi connectivity index (χ0v) is 12.0. The zero-order chi connectivity index (χ0) is 13.7. The number of anilines is 2. The van der Waals surface area contributed by atoms with E-state index < -0.39 is 0 Å². The van der Waals surface area contributed by atoms with Crippen molar-refractivity contribution in [2.24, 2.45) is 0 Å². The predicted octanol–water partition coefficient (Wildman–Crippen LogP) is 4.01. The lowest BCUT2D eigenvalue weighted by atomic mass is 10.1. The van der Waals surface area contributed by atoms with E-state index in [1.54, 1.807) is 6.20 Å². The summed E-state index contributed by atoms with van der Waals surface area (Å²) in [6, 6.07) is 8.31. The third-order valence-corrected chi connectivity index (χ3v) is 3.26. The van der Waals surface area contributed by atoms with Gasteiger partial charge in [0.2, 0.25) is 0 Å². The molecule has 4 heteroatoms. The molecule has 0 amide bonds. The summed E-state index contributed by atoms with van der Waals surface area (Å²) in [5.41, 5.74) is 4.22. The van der Waals surface area contributed by atoms with E-state index >= 15 is 0 Å². The van der Waals surface area contributed by atoms with Crippen LogP contribution in [-0.2, 0) is 6.42 Å². The van der Waals surface area contributed by atoms with Crippen molar-refractivity contribution in [2.45, 2.75) is 26.7 Å². The second kappa shape index (κ2) is 6.53. The number of nitrogens with one attached hydrogen (secondary N) is 1. The highest BCUT2D eigenvalue weighted by molar-refractivity contribution is 6.17. The summed E-state index contributed by atoms with van der Waals surface area (Å²) < 4.78 is 0. The van der Waals surface area contributed by atoms with Crippen molar-refractivity contribution < 1.29 is 0 Å². The Morgan fingerprint density at radius 1 is 1.21 bits per heavy atom.